The fourth-order valence-electron chi connectivity index (χ4n) is 2.91. The van der Waals surface area contributed by atoms with Crippen molar-refractivity contribution >= 4 is 25.1 Å². The SMILES string of the molecule is CN(C)CCCNc1cccc2c1C(=O)c1ccccc1C2=O.O=P(O)(O)O. The number of ketones is 2. The quantitative estimate of drug-likeness (QED) is 0.374. The summed E-state index contributed by atoms with van der Waals surface area (Å²) < 4.78 is 8.88. The number of carbonyl (C=O) groups is 2. The third-order valence-corrected chi connectivity index (χ3v) is 4.05. The van der Waals surface area contributed by atoms with Gasteiger partial charge in [-0.15, -0.1) is 0 Å². The highest BCUT2D eigenvalue weighted by Gasteiger charge is 2.31. The molecule has 0 bridgehead atoms. The first-order valence-corrected chi connectivity index (χ1v) is 10.1. The van der Waals surface area contributed by atoms with E-state index < -0.39 is 7.82 Å². The zero-order valence-corrected chi connectivity index (χ0v) is 16.5. The number of phosphoric acid groups is 1. The average molecular weight is 406 g/mol. The number of nitrogens with one attached hydrogen (secondary N) is 1. The summed E-state index contributed by atoms with van der Waals surface area (Å²) in [4.78, 5) is 49.1. The van der Waals surface area contributed by atoms with E-state index in [0.717, 1.165) is 25.2 Å². The lowest BCUT2D eigenvalue weighted by Gasteiger charge is -2.21. The van der Waals surface area contributed by atoms with E-state index in [0.29, 0.717) is 22.3 Å². The molecule has 4 N–H and O–H groups in total. The molecule has 0 aliphatic heterocycles. The highest BCUT2D eigenvalue weighted by Crippen LogP contribution is 2.31. The van der Waals surface area contributed by atoms with Gasteiger partial charge in [-0.2, -0.15) is 0 Å². The van der Waals surface area contributed by atoms with Crippen molar-refractivity contribution in [1.29, 1.82) is 0 Å². The van der Waals surface area contributed by atoms with E-state index in [9.17, 15) is 9.59 Å². The molecule has 0 saturated heterocycles. The topological polar surface area (TPSA) is 127 Å². The number of hydrogen-bond acceptors (Lipinski definition) is 5. The molecular weight excluding hydrogens is 383 g/mol. The first-order chi connectivity index (χ1) is 13.1. The Morgan fingerprint density at radius 1 is 0.893 bits per heavy atom. The van der Waals surface area contributed by atoms with Gasteiger partial charge in [0.25, 0.3) is 0 Å². The van der Waals surface area contributed by atoms with Gasteiger partial charge in [-0.3, -0.25) is 9.59 Å². The van der Waals surface area contributed by atoms with Crippen molar-refractivity contribution in [2.75, 3.05) is 32.5 Å². The molecule has 0 heterocycles. The van der Waals surface area contributed by atoms with Crippen molar-refractivity contribution in [2.45, 2.75) is 6.42 Å². The molecule has 0 spiro atoms. The molecule has 0 amide bonds. The van der Waals surface area contributed by atoms with E-state index in [2.05, 4.69) is 10.2 Å². The summed E-state index contributed by atoms with van der Waals surface area (Å²) >= 11 is 0. The fraction of sp³-hybridized carbons (Fsp3) is 0.263. The van der Waals surface area contributed by atoms with Gasteiger partial charge >= 0.3 is 7.82 Å². The minimum atomic E-state index is -4.64. The normalized spacial score (nSPS) is 12.8. The van der Waals surface area contributed by atoms with Crippen LogP contribution in [0, 0.1) is 0 Å². The van der Waals surface area contributed by atoms with E-state index >= 15 is 0 Å². The molecule has 0 saturated carbocycles. The summed E-state index contributed by atoms with van der Waals surface area (Å²) in [7, 11) is -0.576. The monoisotopic (exact) mass is 406 g/mol. The van der Waals surface area contributed by atoms with Crippen molar-refractivity contribution in [3.63, 3.8) is 0 Å². The summed E-state index contributed by atoms with van der Waals surface area (Å²) in [5, 5.41) is 3.31. The summed E-state index contributed by atoms with van der Waals surface area (Å²) in [6.07, 6.45) is 0.968. The van der Waals surface area contributed by atoms with E-state index in [1.54, 1.807) is 30.3 Å². The molecule has 2 aromatic rings. The van der Waals surface area contributed by atoms with Crippen LogP contribution >= 0.6 is 7.82 Å². The first kappa shape index (κ1) is 21.9. The van der Waals surface area contributed by atoms with E-state index in [-0.39, 0.29) is 11.6 Å². The maximum atomic E-state index is 12.8. The summed E-state index contributed by atoms with van der Waals surface area (Å²) in [6.45, 7) is 1.73. The Hall–Kier alpha value is -2.35. The Bertz CT molecular complexity index is 914. The second-order valence-corrected chi connectivity index (χ2v) is 7.56. The lowest BCUT2D eigenvalue weighted by Crippen LogP contribution is -2.23. The molecular formula is C19H23N2O6P. The first-order valence-electron chi connectivity index (χ1n) is 8.58. The van der Waals surface area contributed by atoms with Gasteiger partial charge in [0.1, 0.15) is 0 Å². The molecule has 0 aromatic heterocycles. The van der Waals surface area contributed by atoms with Crippen molar-refractivity contribution in [1.82, 2.24) is 4.90 Å². The van der Waals surface area contributed by atoms with Crippen LogP contribution < -0.4 is 5.32 Å². The molecule has 9 heteroatoms. The van der Waals surface area contributed by atoms with Gasteiger partial charge in [-0.25, -0.2) is 4.57 Å². The lowest BCUT2D eigenvalue weighted by atomic mass is 9.83. The third kappa shape index (κ3) is 5.82. The lowest BCUT2D eigenvalue weighted by molar-refractivity contribution is 0.0979. The van der Waals surface area contributed by atoms with Crippen LogP contribution in [0.15, 0.2) is 42.5 Å². The van der Waals surface area contributed by atoms with Gasteiger partial charge < -0.3 is 24.9 Å². The summed E-state index contributed by atoms with van der Waals surface area (Å²) in [5.41, 5.74) is 2.73. The minimum Gasteiger partial charge on any atom is -0.384 e. The Morgan fingerprint density at radius 2 is 1.43 bits per heavy atom. The minimum absolute atomic E-state index is 0.0767. The van der Waals surface area contributed by atoms with Crippen LogP contribution in [0.5, 0.6) is 0 Å². The number of anilines is 1. The standard InChI is InChI=1S/C19H20N2O2.H3O4P/c1-21(2)12-6-11-20-16-10-5-9-15-17(16)19(23)14-8-4-3-7-13(14)18(15)22;1-5(2,3)4/h3-5,7-10,20H,6,11-12H2,1-2H3;(H3,1,2,3,4). The predicted molar refractivity (Wildman–Crippen MR) is 106 cm³/mol. The van der Waals surface area contributed by atoms with Crippen LogP contribution in [0.2, 0.25) is 0 Å². The molecule has 0 fully saturated rings. The molecule has 28 heavy (non-hydrogen) atoms. The zero-order valence-electron chi connectivity index (χ0n) is 15.6. The summed E-state index contributed by atoms with van der Waals surface area (Å²) in [6, 6.07) is 12.5. The molecule has 0 radical (unpaired) electrons. The summed E-state index contributed by atoms with van der Waals surface area (Å²) in [5.74, 6) is -0.155. The number of hydrogen-bond donors (Lipinski definition) is 4. The molecule has 8 nitrogen and oxygen atoms in total. The number of fused-ring (bicyclic) bond motifs is 2. The second-order valence-electron chi connectivity index (χ2n) is 6.53. The van der Waals surface area contributed by atoms with Crippen LogP contribution in [-0.4, -0.2) is 58.3 Å². The maximum Gasteiger partial charge on any atom is 0.466 e. The second kappa shape index (κ2) is 9.23. The highest BCUT2D eigenvalue weighted by atomic mass is 31.2. The number of benzene rings is 2. The van der Waals surface area contributed by atoms with Crippen LogP contribution in [0.25, 0.3) is 0 Å². The average Bonchev–Trinajstić information content (AvgIpc) is 2.61. The smallest absolute Gasteiger partial charge is 0.384 e. The van der Waals surface area contributed by atoms with Gasteiger partial charge in [0, 0.05) is 28.9 Å². The Labute approximate surface area is 163 Å². The van der Waals surface area contributed by atoms with Crippen molar-refractivity contribution in [3.05, 3.63) is 64.7 Å². The van der Waals surface area contributed by atoms with Crippen LogP contribution in [0.1, 0.15) is 38.3 Å². The van der Waals surface area contributed by atoms with Crippen LogP contribution in [-0.2, 0) is 4.57 Å². The number of carbonyl (C=O) groups excluding carboxylic acids is 2. The Kier molecular flexibility index (Phi) is 7.23. The maximum absolute atomic E-state index is 12.8. The highest BCUT2D eigenvalue weighted by molar-refractivity contribution is 7.45. The third-order valence-electron chi connectivity index (χ3n) is 4.05. The predicted octanol–water partition coefficient (Wildman–Crippen LogP) is 1.90. The molecule has 2 aromatic carbocycles. The Morgan fingerprint density at radius 3 is 2.00 bits per heavy atom. The largest absolute Gasteiger partial charge is 0.466 e. The van der Waals surface area contributed by atoms with Crippen LogP contribution in [0.4, 0.5) is 5.69 Å². The molecule has 0 atom stereocenters. The zero-order chi connectivity index (χ0) is 20.9. The number of nitrogens with zero attached hydrogens (tertiary/aromatic N) is 1. The fourth-order valence-corrected chi connectivity index (χ4v) is 2.91. The van der Waals surface area contributed by atoms with E-state index in [1.807, 2.05) is 26.2 Å². The number of rotatable bonds is 5. The van der Waals surface area contributed by atoms with Crippen molar-refractivity contribution < 1.29 is 28.8 Å². The van der Waals surface area contributed by atoms with E-state index in [4.69, 9.17) is 19.2 Å². The van der Waals surface area contributed by atoms with Gasteiger partial charge in [-0.1, -0.05) is 36.4 Å². The molecule has 150 valence electrons. The van der Waals surface area contributed by atoms with Gasteiger partial charge in [0.15, 0.2) is 11.6 Å². The van der Waals surface area contributed by atoms with Gasteiger partial charge in [0.05, 0.1) is 5.56 Å². The molecule has 1 aliphatic carbocycles. The van der Waals surface area contributed by atoms with Crippen LogP contribution in [0.3, 0.4) is 0 Å². The molecule has 1 aliphatic rings. The molecule has 3 rings (SSSR count). The van der Waals surface area contributed by atoms with E-state index in [1.165, 1.54) is 0 Å². The van der Waals surface area contributed by atoms with Crippen molar-refractivity contribution in [3.8, 4) is 0 Å². The van der Waals surface area contributed by atoms with Gasteiger partial charge in [-0.05, 0) is 33.1 Å². The van der Waals surface area contributed by atoms with Gasteiger partial charge in [0.2, 0.25) is 0 Å². The van der Waals surface area contributed by atoms with Crippen molar-refractivity contribution in [2.24, 2.45) is 0 Å². The molecule has 0 unspecified atom stereocenters. The Balaban J connectivity index is 0.000000500.